The first-order valence-electron chi connectivity index (χ1n) is 10.4. The van der Waals surface area contributed by atoms with Crippen molar-refractivity contribution in [2.75, 3.05) is 33.3 Å². The maximum Gasteiger partial charge on any atom is 0.327 e. The van der Waals surface area contributed by atoms with Gasteiger partial charge in [-0.15, -0.1) is 0 Å². The molecular weight excluding hydrogens is 428 g/mol. The van der Waals surface area contributed by atoms with Gasteiger partial charge in [0.1, 0.15) is 6.04 Å². The van der Waals surface area contributed by atoms with Gasteiger partial charge in [-0.25, -0.2) is 9.48 Å². The Hall–Kier alpha value is -3.16. The number of aryl methyl sites for hydroxylation is 1. The normalized spacial score (nSPS) is 15.4. The van der Waals surface area contributed by atoms with Crippen LogP contribution in [0.5, 0.6) is 0 Å². The first-order chi connectivity index (χ1) is 15.5. The highest BCUT2D eigenvalue weighted by Gasteiger charge is 2.32. The van der Waals surface area contributed by atoms with E-state index in [-0.39, 0.29) is 11.9 Å². The summed E-state index contributed by atoms with van der Waals surface area (Å²) in [5, 5.41) is 4.91. The van der Waals surface area contributed by atoms with Crippen LogP contribution in [0.15, 0.2) is 60.9 Å². The number of halogens is 1. The highest BCUT2D eigenvalue weighted by atomic mass is 35.5. The summed E-state index contributed by atoms with van der Waals surface area (Å²) in [6.45, 7) is 4.18. The molecule has 0 N–H and O–H groups in total. The topological polar surface area (TPSA) is 67.7 Å². The molecule has 0 aliphatic carbocycles. The average Bonchev–Trinajstić information content (AvgIpc) is 3.26. The number of amides is 1. The Morgan fingerprint density at radius 1 is 1.00 bits per heavy atom. The molecule has 2 aromatic carbocycles. The predicted octanol–water partition coefficient (Wildman–Crippen LogP) is 3.51. The van der Waals surface area contributed by atoms with Crippen molar-refractivity contribution >= 4 is 23.5 Å². The molecule has 1 aliphatic heterocycles. The molecule has 166 valence electrons. The fourth-order valence-electron chi connectivity index (χ4n) is 3.93. The summed E-state index contributed by atoms with van der Waals surface area (Å²) >= 11 is 5.99. The zero-order chi connectivity index (χ0) is 22.7. The number of hydrogen-bond donors (Lipinski definition) is 0. The smallest absolute Gasteiger partial charge is 0.327 e. The van der Waals surface area contributed by atoms with Crippen LogP contribution >= 0.6 is 11.6 Å². The molecule has 0 radical (unpaired) electrons. The van der Waals surface area contributed by atoms with Crippen molar-refractivity contribution < 1.29 is 14.3 Å². The summed E-state index contributed by atoms with van der Waals surface area (Å²) in [5.74, 6) is -0.342. The van der Waals surface area contributed by atoms with Crippen LogP contribution < -0.4 is 0 Å². The maximum atomic E-state index is 13.0. The number of carbonyl (C=O) groups is 2. The minimum Gasteiger partial charge on any atom is -0.468 e. The number of hydrogen-bond acceptors (Lipinski definition) is 5. The lowest BCUT2D eigenvalue weighted by Gasteiger charge is -2.38. The molecule has 0 bridgehead atoms. The molecule has 4 rings (SSSR count). The minimum absolute atomic E-state index is 0.0195. The van der Waals surface area contributed by atoms with E-state index in [0.717, 1.165) is 16.8 Å². The summed E-state index contributed by atoms with van der Waals surface area (Å²) in [6, 6.07) is 14.1. The predicted molar refractivity (Wildman–Crippen MR) is 122 cm³/mol. The second kappa shape index (κ2) is 9.54. The number of piperazine rings is 1. The van der Waals surface area contributed by atoms with Crippen molar-refractivity contribution in [1.82, 2.24) is 19.6 Å². The third-order valence-corrected chi connectivity index (χ3v) is 5.92. The van der Waals surface area contributed by atoms with Gasteiger partial charge in [0.2, 0.25) is 0 Å². The molecule has 0 spiro atoms. The lowest BCUT2D eigenvalue weighted by Crippen LogP contribution is -2.51. The first kappa shape index (κ1) is 22.0. The van der Waals surface area contributed by atoms with Crippen LogP contribution in [-0.2, 0) is 9.53 Å². The largest absolute Gasteiger partial charge is 0.468 e. The lowest BCUT2D eigenvalue weighted by atomic mass is 10.0. The second-order valence-electron chi connectivity index (χ2n) is 7.81. The molecule has 1 aromatic heterocycles. The molecule has 1 atom stereocenters. The van der Waals surface area contributed by atoms with Gasteiger partial charge in [-0.3, -0.25) is 9.69 Å². The average molecular weight is 453 g/mol. The number of rotatable bonds is 5. The van der Waals surface area contributed by atoms with Crippen LogP contribution in [0.25, 0.3) is 5.69 Å². The van der Waals surface area contributed by atoms with Gasteiger partial charge in [0, 0.05) is 43.0 Å². The summed E-state index contributed by atoms with van der Waals surface area (Å²) in [5.41, 5.74) is 3.44. The van der Waals surface area contributed by atoms with E-state index in [0.29, 0.717) is 36.8 Å². The number of ether oxygens (including phenoxy) is 1. The first-order valence-corrected chi connectivity index (χ1v) is 10.8. The van der Waals surface area contributed by atoms with Gasteiger partial charge in [0.25, 0.3) is 5.91 Å². The Morgan fingerprint density at radius 3 is 2.22 bits per heavy atom. The van der Waals surface area contributed by atoms with Crippen LogP contribution in [0.4, 0.5) is 0 Å². The van der Waals surface area contributed by atoms with E-state index >= 15 is 0 Å². The van der Waals surface area contributed by atoms with Gasteiger partial charge in [0.15, 0.2) is 0 Å². The molecule has 3 aromatic rings. The van der Waals surface area contributed by atoms with E-state index in [4.69, 9.17) is 16.3 Å². The van der Waals surface area contributed by atoms with Gasteiger partial charge < -0.3 is 9.64 Å². The summed E-state index contributed by atoms with van der Waals surface area (Å²) in [7, 11) is 1.39. The maximum absolute atomic E-state index is 13.0. The Morgan fingerprint density at radius 2 is 1.66 bits per heavy atom. The monoisotopic (exact) mass is 452 g/mol. The molecule has 1 saturated heterocycles. The molecule has 8 heteroatoms. The van der Waals surface area contributed by atoms with Crippen molar-refractivity contribution in [3.8, 4) is 5.69 Å². The van der Waals surface area contributed by atoms with Crippen molar-refractivity contribution in [1.29, 1.82) is 0 Å². The van der Waals surface area contributed by atoms with Crippen LogP contribution in [-0.4, -0.2) is 64.7 Å². The van der Waals surface area contributed by atoms with Gasteiger partial charge in [-0.05, 0) is 54.4 Å². The van der Waals surface area contributed by atoms with Crippen molar-refractivity contribution in [3.05, 3.63) is 82.6 Å². The minimum atomic E-state index is -0.522. The number of benzene rings is 2. The molecule has 7 nitrogen and oxygen atoms in total. The summed E-state index contributed by atoms with van der Waals surface area (Å²) in [4.78, 5) is 29.4. The zero-order valence-electron chi connectivity index (χ0n) is 18.1. The Kier molecular flexibility index (Phi) is 6.58. The lowest BCUT2D eigenvalue weighted by molar-refractivity contribution is -0.148. The third-order valence-electron chi connectivity index (χ3n) is 5.67. The molecule has 1 amide bonds. The molecule has 1 aliphatic rings. The number of aromatic nitrogens is 2. The Bertz CT molecular complexity index is 1090. The van der Waals surface area contributed by atoms with Crippen LogP contribution in [0.3, 0.4) is 0 Å². The van der Waals surface area contributed by atoms with Crippen LogP contribution in [0.1, 0.15) is 27.5 Å². The van der Waals surface area contributed by atoms with Gasteiger partial charge in [-0.1, -0.05) is 23.7 Å². The Balaban J connectivity index is 1.42. The summed E-state index contributed by atoms with van der Waals surface area (Å²) < 4.78 is 6.83. The van der Waals surface area contributed by atoms with E-state index in [2.05, 4.69) is 5.10 Å². The van der Waals surface area contributed by atoms with Crippen molar-refractivity contribution in [2.24, 2.45) is 0 Å². The van der Waals surface area contributed by atoms with E-state index in [1.54, 1.807) is 23.0 Å². The van der Waals surface area contributed by atoms with Crippen LogP contribution in [0.2, 0.25) is 5.02 Å². The van der Waals surface area contributed by atoms with E-state index in [9.17, 15) is 9.59 Å². The highest BCUT2D eigenvalue weighted by Crippen LogP contribution is 2.25. The fourth-order valence-corrected chi connectivity index (χ4v) is 4.06. The van der Waals surface area contributed by atoms with Crippen molar-refractivity contribution in [3.63, 3.8) is 0 Å². The molecule has 1 unspecified atom stereocenters. The number of esters is 1. The number of carbonyl (C=O) groups excluding carboxylic acids is 2. The van der Waals surface area contributed by atoms with Gasteiger partial charge >= 0.3 is 5.97 Å². The summed E-state index contributed by atoms with van der Waals surface area (Å²) in [6.07, 6.45) is 3.73. The molecular formula is C24H25ClN4O3. The molecule has 2 heterocycles. The molecule has 32 heavy (non-hydrogen) atoms. The second-order valence-corrected chi connectivity index (χ2v) is 8.25. The van der Waals surface area contributed by atoms with Gasteiger partial charge in [-0.2, -0.15) is 5.10 Å². The van der Waals surface area contributed by atoms with E-state index in [1.165, 1.54) is 7.11 Å². The molecule has 0 saturated carbocycles. The quantitative estimate of drug-likeness (QED) is 0.554. The van der Waals surface area contributed by atoms with E-state index in [1.807, 2.05) is 59.3 Å². The fraction of sp³-hybridized carbons (Fsp3) is 0.292. The number of nitrogens with zero attached hydrogens (tertiary/aromatic N) is 4. The number of methoxy groups -OCH3 is 1. The SMILES string of the molecule is COC(=O)C(c1ccc(Cl)cc1)N1CCN(C(=O)c2ccc(-n3cc(C)cn3)cc2)CC1. The molecule has 1 fully saturated rings. The van der Waals surface area contributed by atoms with Gasteiger partial charge in [0.05, 0.1) is 19.0 Å². The third kappa shape index (κ3) is 4.69. The standard InChI is InChI=1S/C24H25ClN4O3/c1-17-15-26-29(16-17)21-9-5-19(6-10-21)23(30)28-13-11-27(12-14-28)22(24(31)32-2)18-3-7-20(25)8-4-18/h3-10,15-16,22H,11-14H2,1-2H3. The Labute approximate surface area is 192 Å². The van der Waals surface area contributed by atoms with Crippen molar-refractivity contribution in [2.45, 2.75) is 13.0 Å². The zero-order valence-corrected chi connectivity index (χ0v) is 18.8. The van der Waals surface area contributed by atoms with E-state index < -0.39 is 6.04 Å². The highest BCUT2D eigenvalue weighted by molar-refractivity contribution is 6.30. The van der Waals surface area contributed by atoms with Crippen LogP contribution in [0, 0.1) is 6.92 Å².